The van der Waals surface area contributed by atoms with Gasteiger partial charge in [0.2, 0.25) is 0 Å². The van der Waals surface area contributed by atoms with E-state index in [2.05, 4.69) is 60.3 Å². The average molecular weight is 265 g/mol. The Morgan fingerprint density at radius 3 is 2.60 bits per heavy atom. The van der Waals surface area contributed by atoms with Crippen LogP contribution in [0.15, 0.2) is 36.5 Å². The van der Waals surface area contributed by atoms with Gasteiger partial charge in [-0.2, -0.15) is 0 Å². The minimum Gasteiger partial charge on any atom is -0.364 e. The molecule has 0 aliphatic rings. The van der Waals surface area contributed by atoms with Gasteiger partial charge in [-0.25, -0.2) is 4.98 Å². The third-order valence-corrected chi connectivity index (χ3v) is 3.82. The average Bonchev–Trinajstić information content (AvgIpc) is 2.76. The number of rotatable bonds is 3. The Balaban J connectivity index is 1.96. The molecule has 0 atom stereocenters. The van der Waals surface area contributed by atoms with Gasteiger partial charge in [-0.1, -0.05) is 30.3 Å². The van der Waals surface area contributed by atoms with Crippen molar-refractivity contribution < 1.29 is 0 Å². The van der Waals surface area contributed by atoms with Gasteiger partial charge in [0.15, 0.2) is 5.82 Å². The van der Waals surface area contributed by atoms with E-state index in [9.17, 15) is 0 Å². The fraction of sp³-hybridized carbons (Fsp3) is 0.235. The number of benzene rings is 1. The highest BCUT2D eigenvalue weighted by Crippen LogP contribution is 2.28. The van der Waals surface area contributed by atoms with Crippen molar-refractivity contribution in [1.82, 2.24) is 9.97 Å². The van der Waals surface area contributed by atoms with Gasteiger partial charge in [-0.05, 0) is 37.5 Å². The van der Waals surface area contributed by atoms with E-state index in [-0.39, 0.29) is 0 Å². The monoisotopic (exact) mass is 265 g/mol. The van der Waals surface area contributed by atoms with Crippen LogP contribution in [0.2, 0.25) is 0 Å². The molecule has 0 unspecified atom stereocenters. The Morgan fingerprint density at radius 1 is 1.10 bits per heavy atom. The molecule has 0 bridgehead atoms. The van der Waals surface area contributed by atoms with E-state index in [0.717, 1.165) is 17.9 Å². The number of aryl methyl sites for hydroxylation is 3. The Morgan fingerprint density at radius 2 is 1.85 bits per heavy atom. The molecule has 3 rings (SSSR count). The first-order valence-corrected chi connectivity index (χ1v) is 6.89. The van der Waals surface area contributed by atoms with Crippen molar-refractivity contribution in [2.75, 3.05) is 5.32 Å². The number of nitrogens with one attached hydrogen (secondary N) is 2. The molecule has 0 saturated heterocycles. The molecule has 20 heavy (non-hydrogen) atoms. The summed E-state index contributed by atoms with van der Waals surface area (Å²) in [6, 6.07) is 10.4. The topological polar surface area (TPSA) is 40.7 Å². The molecule has 3 heteroatoms. The van der Waals surface area contributed by atoms with Crippen molar-refractivity contribution in [1.29, 1.82) is 0 Å². The van der Waals surface area contributed by atoms with Crippen LogP contribution in [0.4, 0.5) is 5.82 Å². The van der Waals surface area contributed by atoms with Crippen molar-refractivity contribution in [3.63, 3.8) is 0 Å². The molecule has 102 valence electrons. The molecule has 0 radical (unpaired) electrons. The van der Waals surface area contributed by atoms with E-state index < -0.39 is 0 Å². The van der Waals surface area contributed by atoms with Crippen molar-refractivity contribution in [2.45, 2.75) is 27.3 Å². The van der Waals surface area contributed by atoms with Gasteiger partial charge >= 0.3 is 0 Å². The van der Waals surface area contributed by atoms with E-state index in [1.165, 1.54) is 27.8 Å². The molecule has 0 fully saturated rings. The molecule has 0 aliphatic heterocycles. The molecular weight excluding hydrogens is 246 g/mol. The molecule has 2 aromatic heterocycles. The van der Waals surface area contributed by atoms with Crippen LogP contribution in [0, 0.1) is 20.8 Å². The van der Waals surface area contributed by atoms with Crippen molar-refractivity contribution in [3.8, 4) is 0 Å². The summed E-state index contributed by atoms with van der Waals surface area (Å²) < 4.78 is 0. The molecule has 0 aliphatic carbocycles. The smallest absolute Gasteiger partial charge is 0.150 e. The van der Waals surface area contributed by atoms with Gasteiger partial charge in [0.05, 0.1) is 5.52 Å². The summed E-state index contributed by atoms with van der Waals surface area (Å²) in [6.07, 6.45) is 1.94. The summed E-state index contributed by atoms with van der Waals surface area (Å²) in [5.74, 6) is 0.922. The predicted octanol–water partition coefficient (Wildman–Crippen LogP) is 4.10. The number of hydrogen-bond acceptors (Lipinski definition) is 2. The van der Waals surface area contributed by atoms with Crippen molar-refractivity contribution in [2.24, 2.45) is 0 Å². The molecule has 2 heterocycles. The summed E-state index contributed by atoms with van der Waals surface area (Å²) in [5.41, 5.74) is 6.09. The van der Waals surface area contributed by atoms with Crippen LogP contribution in [0.5, 0.6) is 0 Å². The van der Waals surface area contributed by atoms with Crippen LogP contribution in [-0.4, -0.2) is 9.97 Å². The van der Waals surface area contributed by atoms with Crippen LogP contribution in [0.3, 0.4) is 0 Å². The fourth-order valence-corrected chi connectivity index (χ4v) is 2.60. The molecule has 3 aromatic rings. The number of hydrogen-bond donors (Lipinski definition) is 2. The molecular formula is C17H19N3. The van der Waals surface area contributed by atoms with Gasteiger partial charge in [0.25, 0.3) is 0 Å². The number of H-pyrrole nitrogens is 1. The Hall–Kier alpha value is -2.29. The maximum atomic E-state index is 4.53. The summed E-state index contributed by atoms with van der Waals surface area (Å²) in [7, 11) is 0. The van der Waals surface area contributed by atoms with Crippen LogP contribution >= 0.6 is 0 Å². The number of fused-ring (bicyclic) bond motifs is 1. The summed E-state index contributed by atoms with van der Waals surface area (Å²) in [4.78, 5) is 7.98. The second-order valence-corrected chi connectivity index (χ2v) is 5.25. The molecule has 3 nitrogen and oxygen atoms in total. The molecule has 0 saturated carbocycles. The quantitative estimate of drug-likeness (QED) is 0.748. The zero-order valence-corrected chi connectivity index (χ0v) is 12.1. The number of nitrogens with zero attached hydrogens (tertiary/aromatic N) is 1. The summed E-state index contributed by atoms with van der Waals surface area (Å²) in [6.45, 7) is 7.15. The largest absolute Gasteiger partial charge is 0.364 e. The minimum absolute atomic E-state index is 0.781. The van der Waals surface area contributed by atoms with E-state index in [1.807, 2.05) is 12.3 Å². The summed E-state index contributed by atoms with van der Waals surface area (Å²) in [5, 5.41) is 4.71. The zero-order chi connectivity index (χ0) is 14.1. The Kier molecular flexibility index (Phi) is 3.18. The molecule has 0 spiro atoms. The maximum Gasteiger partial charge on any atom is 0.150 e. The lowest BCUT2D eigenvalue weighted by molar-refractivity contribution is 1.11. The second kappa shape index (κ2) is 5.00. The first-order valence-electron chi connectivity index (χ1n) is 6.89. The highest BCUT2D eigenvalue weighted by atomic mass is 15.0. The molecule has 1 aromatic carbocycles. The van der Waals surface area contributed by atoms with Crippen LogP contribution in [0.25, 0.3) is 10.9 Å². The lowest BCUT2D eigenvalue weighted by atomic mass is 10.1. The fourth-order valence-electron chi connectivity index (χ4n) is 2.60. The predicted molar refractivity (Wildman–Crippen MR) is 84.1 cm³/mol. The first kappa shape index (κ1) is 12.7. The Labute approximate surface area is 119 Å². The highest BCUT2D eigenvalue weighted by Gasteiger charge is 2.11. The normalized spacial score (nSPS) is 10.9. The Bertz CT molecular complexity index is 742. The molecule has 0 amide bonds. The number of anilines is 1. The van der Waals surface area contributed by atoms with Gasteiger partial charge in [-0.3, -0.25) is 0 Å². The highest BCUT2D eigenvalue weighted by molar-refractivity contribution is 5.94. The third-order valence-electron chi connectivity index (χ3n) is 3.82. The van der Waals surface area contributed by atoms with Gasteiger partial charge in [0.1, 0.15) is 0 Å². The van der Waals surface area contributed by atoms with Crippen molar-refractivity contribution in [3.05, 3.63) is 58.9 Å². The SMILES string of the molecule is Cc1[nH]c2c(NCc3ccccc3)ncc(C)c2c1C. The minimum atomic E-state index is 0.781. The van der Waals surface area contributed by atoms with Crippen LogP contribution in [-0.2, 0) is 6.54 Å². The van der Waals surface area contributed by atoms with Gasteiger partial charge < -0.3 is 10.3 Å². The van der Waals surface area contributed by atoms with E-state index in [0.29, 0.717) is 0 Å². The first-order chi connectivity index (χ1) is 9.66. The number of pyridine rings is 1. The lowest BCUT2D eigenvalue weighted by Gasteiger charge is -2.08. The third kappa shape index (κ3) is 2.16. The number of aromatic amines is 1. The van der Waals surface area contributed by atoms with Gasteiger partial charge in [0, 0.05) is 23.8 Å². The van der Waals surface area contributed by atoms with Crippen LogP contribution in [0.1, 0.15) is 22.4 Å². The van der Waals surface area contributed by atoms with E-state index in [4.69, 9.17) is 0 Å². The second-order valence-electron chi connectivity index (χ2n) is 5.25. The maximum absolute atomic E-state index is 4.53. The van der Waals surface area contributed by atoms with Crippen LogP contribution < -0.4 is 5.32 Å². The lowest BCUT2D eigenvalue weighted by Crippen LogP contribution is -2.02. The van der Waals surface area contributed by atoms with E-state index >= 15 is 0 Å². The standard InChI is InChI=1S/C17H19N3/c1-11-9-18-17(16-15(11)12(2)13(3)20-16)19-10-14-7-5-4-6-8-14/h4-9,20H,10H2,1-3H3,(H,18,19). The molecule has 2 N–H and O–H groups in total. The summed E-state index contributed by atoms with van der Waals surface area (Å²) >= 11 is 0. The zero-order valence-electron chi connectivity index (χ0n) is 12.1. The van der Waals surface area contributed by atoms with Gasteiger partial charge in [-0.15, -0.1) is 0 Å². The van der Waals surface area contributed by atoms with E-state index in [1.54, 1.807) is 0 Å². The number of aromatic nitrogens is 2. The van der Waals surface area contributed by atoms with Crippen molar-refractivity contribution >= 4 is 16.7 Å².